The predicted molar refractivity (Wildman–Crippen MR) is 64.8 cm³/mol. The van der Waals surface area contributed by atoms with Gasteiger partial charge in [-0.2, -0.15) is 0 Å². The Bertz CT molecular complexity index is 570. The molecule has 0 radical (unpaired) electrons. The zero-order valence-corrected chi connectivity index (χ0v) is 8.77. The minimum absolute atomic E-state index is 1.01. The van der Waals surface area contributed by atoms with Gasteiger partial charge in [0.1, 0.15) is 0 Å². The summed E-state index contributed by atoms with van der Waals surface area (Å²) in [5.74, 6) is 0. The number of fused-ring (bicyclic) bond motifs is 3. The SMILES string of the molecule is Cc1ccc2c(c1)cc1n2C=CC=CC1. The molecular weight excluding hydrogens is 182 g/mol. The molecule has 0 saturated carbocycles. The van der Waals surface area contributed by atoms with Crippen LogP contribution in [0.4, 0.5) is 0 Å². The van der Waals surface area contributed by atoms with Crippen molar-refractivity contribution in [3.05, 3.63) is 53.8 Å². The molecule has 0 spiro atoms. The van der Waals surface area contributed by atoms with E-state index in [1.165, 1.54) is 22.2 Å². The number of aromatic nitrogens is 1. The van der Waals surface area contributed by atoms with Gasteiger partial charge in [-0.25, -0.2) is 0 Å². The van der Waals surface area contributed by atoms with Crippen molar-refractivity contribution in [2.45, 2.75) is 13.3 Å². The smallest absolute Gasteiger partial charge is 0.0525 e. The Morgan fingerprint density at radius 3 is 3.00 bits per heavy atom. The molecule has 1 aliphatic heterocycles. The summed E-state index contributed by atoms with van der Waals surface area (Å²) in [6.07, 6.45) is 9.54. The lowest BCUT2D eigenvalue weighted by Crippen LogP contribution is -1.91. The lowest BCUT2D eigenvalue weighted by molar-refractivity contribution is 1.07. The maximum Gasteiger partial charge on any atom is 0.0525 e. The molecule has 1 aromatic carbocycles. The van der Waals surface area contributed by atoms with E-state index in [1.54, 1.807) is 0 Å². The maximum atomic E-state index is 2.28. The second-order valence-corrected chi connectivity index (χ2v) is 4.04. The van der Waals surface area contributed by atoms with Crippen LogP contribution in [0.15, 0.2) is 42.5 Å². The van der Waals surface area contributed by atoms with Gasteiger partial charge in [0.15, 0.2) is 0 Å². The first-order valence-electron chi connectivity index (χ1n) is 5.28. The Hall–Kier alpha value is -1.76. The van der Waals surface area contributed by atoms with Gasteiger partial charge in [0.2, 0.25) is 0 Å². The highest BCUT2D eigenvalue weighted by Crippen LogP contribution is 2.23. The number of allylic oxidation sites excluding steroid dienone is 3. The zero-order valence-electron chi connectivity index (χ0n) is 8.77. The quantitative estimate of drug-likeness (QED) is 0.606. The van der Waals surface area contributed by atoms with E-state index in [4.69, 9.17) is 0 Å². The van der Waals surface area contributed by atoms with Crippen molar-refractivity contribution >= 4 is 17.1 Å². The van der Waals surface area contributed by atoms with Gasteiger partial charge in [-0.3, -0.25) is 0 Å². The van der Waals surface area contributed by atoms with Gasteiger partial charge < -0.3 is 4.57 Å². The molecule has 0 atom stereocenters. The van der Waals surface area contributed by atoms with Crippen molar-refractivity contribution in [1.29, 1.82) is 0 Å². The lowest BCUT2D eigenvalue weighted by atomic mass is 10.2. The fourth-order valence-corrected chi connectivity index (χ4v) is 2.15. The van der Waals surface area contributed by atoms with Gasteiger partial charge >= 0.3 is 0 Å². The topological polar surface area (TPSA) is 4.93 Å². The summed E-state index contributed by atoms with van der Waals surface area (Å²) >= 11 is 0. The van der Waals surface area contributed by atoms with Crippen molar-refractivity contribution in [1.82, 2.24) is 4.57 Å². The van der Waals surface area contributed by atoms with E-state index in [2.05, 4.69) is 60.2 Å². The number of benzene rings is 1. The number of hydrogen-bond acceptors (Lipinski definition) is 0. The first-order valence-corrected chi connectivity index (χ1v) is 5.28. The molecule has 0 aliphatic carbocycles. The van der Waals surface area contributed by atoms with E-state index >= 15 is 0 Å². The molecule has 0 unspecified atom stereocenters. The Kier molecular flexibility index (Phi) is 1.78. The van der Waals surface area contributed by atoms with Gasteiger partial charge in [-0.15, -0.1) is 0 Å². The Balaban J connectivity index is 2.34. The van der Waals surface area contributed by atoms with E-state index < -0.39 is 0 Å². The summed E-state index contributed by atoms with van der Waals surface area (Å²) in [7, 11) is 0. The van der Waals surface area contributed by atoms with Gasteiger partial charge in [0.05, 0.1) is 5.52 Å². The molecule has 0 amide bonds. The molecule has 0 saturated heterocycles. The van der Waals surface area contributed by atoms with Gasteiger partial charge in [-0.1, -0.05) is 23.8 Å². The molecule has 1 nitrogen and oxygen atoms in total. The van der Waals surface area contributed by atoms with E-state index in [0.717, 1.165) is 6.42 Å². The molecule has 74 valence electrons. The third-order valence-electron chi connectivity index (χ3n) is 2.88. The van der Waals surface area contributed by atoms with Crippen LogP contribution in [0.3, 0.4) is 0 Å². The molecule has 1 heteroatoms. The minimum atomic E-state index is 1.01. The van der Waals surface area contributed by atoms with Crippen molar-refractivity contribution in [3.8, 4) is 0 Å². The van der Waals surface area contributed by atoms with E-state index in [9.17, 15) is 0 Å². The fraction of sp³-hybridized carbons (Fsp3) is 0.143. The average Bonchev–Trinajstić information content (AvgIpc) is 2.42. The second kappa shape index (κ2) is 3.13. The largest absolute Gasteiger partial charge is 0.320 e. The summed E-state index contributed by atoms with van der Waals surface area (Å²) < 4.78 is 2.27. The molecule has 2 heterocycles. The zero-order chi connectivity index (χ0) is 10.3. The van der Waals surface area contributed by atoms with Gasteiger partial charge in [0.25, 0.3) is 0 Å². The van der Waals surface area contributed by atoms with E-state index in [0.29, 0.717) is 0 Å². The van der Waals surface area contributed by atoms with Crippen LogP contribution in [-0.2, 0) is 6.42 Å². The molecule has 15 heavy (non-hydrogen) atoms. The first kappa shape index (κ1) is 8.54. The molecule has 0 N–H and O–H groups in total. The number of rotatable bonds is 0. The van der Waals surface area contributed by atoms with Crippen LogP contribution in [0.2, 0.25) is 0 Å². The molecule has 1 aromatic heterocycles. The minimum Gasteiger partial charge on any atom is -0.320 e. The highest BCUT2D eigenvalue weighted by atomic mass is 15.0. The van der Waals surface area contributed by atoms with Crippen molar-refractivity contribution < 1.29 is 0 Å². The molecule has 1 aliphatic rings. The van der Waals surface area contributed by atoms with Crippen LogP contribution < -0.4 is 0 Å². The van der Waals surface area contributed by atoms with E-state index in [-0.39, 0.29) is 0 Å². The van der Waals surface area contributed by atoms with Crippen LogP contribution >= 0.6 is 0 Å². The third kappa shape index (κ3) is 1.32. The lowest BCUT2D eigenvalue weighted by Gasteiger charge is -2.01. The monoisotopic (exact) mass is 195 g/mol. The summed E-state index contributed by atoms with van der Waals surface area (Å²) in [6.45, 7) is 2.14. The molecule has 0 bridgehead atoms. The average molecular weight is 195 g/mol. The normalized spacial score (nSPS) is 14.2. The maximum absolute atomic E-state index is 2.28. The summed E-state index contributed by atoms with van der Waals surface area (Å²) in [5.41, 5.74) is 3.99. The Morgan fingerprint density at radius 2 is 2.07 bits per heavy atom. The van der Waals surface area contributed by atoms with Crippen molar-refractivity contribution in [2.75, 3.05) is 0 Å². The van der Waals surface area contributed by atoms with Gasteiger partial charge in [-0.05, 0) is 31.2 Å². The number of aryl methyl sites for hydroxylation is 1. The summed E-state index contributed by atoms with van der Waals surface area (Å²) in [6, 6.07) is 8.89. The highest BCUT2D eigenvalue weighted by molar-refractivity contribution is 5.84. The first-order chi connectivity index (χ1) is 7.34. The van der Waals surface area contributed by atoms with Crippen LogP contribution in [0.1, 0.15) is 11.3 Å². The standard InChI is InChI=1S/C14H13N/c1-11-6-7-14-12(9-11)10-13-5-3-2-4-8-15(13)14/h2-4,6-10H,5H2,1H3. The fourth-order valence-electron chi connectivity index (χ4n) is 2.15. The number of hydrogen-bond donors (Lipinski definition) is 0. The van der Waals surface area contributed by atoms with Crippen LogP contribution in [0, 0.1) is 6.92 Å². The van der Waals surface area contributed by atoms with E-state index in [1.807, 2.05) is 0 Å². The summed E-state index contributed by atoms with van der Waals surface area (Å²) in [4.78, 5) is 0. The van der Waals surface area contributed by atoms with Crippen LogP contribution in [0.5, 0.6) is 0 Å². The highest BCUT2D eigenvalue weighted by Gasteiger charge is 2.06. The molecule has 0 fully saturated rings. The molecular formula is C14H13N. The van der Waals surface area contributed by atoms with Crippen molar-refractivity contribution in [3.63, 3.8) is 0 Å². The summed E-state index contributed by atoms with van der Waals surface area (Å²) in [5, 5.41) is 1.34. The Morgan fingerprint density at radius 1 is 1.13 bits per heavy atom. The Labute approximate surface area is 89.3 Å². The number of nitrogens with zero attached hydrogens (tertiary/aromatic N) is 1. The predicted octanol–water partition coefficient (Wildman–Crippen LogP) is 3.53. The molecule has 2 aromatic rings. The molecule has 3 rings (SSSR count). The third-order valence-corrected chi connectivity index (χ3v) is 2.88. The van der Waals surface area contributed by atoms with Crippen molar-refractivity contribution in [2.24, 2.45) is 0 Å². The van der Waals surface area contributed by atoms with Crippen LogP contribution in [-0.4, -0.2) is 4.57 Å². The van der Waals surface area contributed by atoms with Gasteiger partial charge in [0, 0.05) is 23.7 Å². The van der Waals surface area contributed by atoms with Crippen LogP contribution in [0.25, 0.3) is 17.1 Å². The second-order valence-electron chi connectivity index (χ2n) is 4.04.